The summed E-state index contributed by atoms with van der Waals surface area (Å²) in [5.41, 5.74) is -0.543. The number of aryl methyl sites for hydroxylation is 2. The van der Waals surface area contributed by atoms with Crippen LogP contribution in [0.25, 0.3) is 11.2 Å². The Morgan fingerprint density at radius 1 is 1.19 bits per heavy atom. The number of aliphatic hydroxyl groups excluding tert-OH is 1. The fourth-order valence-electron chi connectivity index (χ4n) is 3.38. The van der Waals surface area contributed by atoms with Crippen molar-refractivity contribution < 1.29 is 14.6 Å². The monoisotopic (exact) mass is 457 g/mol. The summed E-state index contributed by atoms with van der Waals surface area (Å²) >= 11 is 1.50. The van der Waals surface area contributed by atoms with E-state index in [0.29, 0.717) is 11.5 Å². The van der Waals surface area contributed by atoms with Crippen molar-refractivity contribution in [2.45, 2.75) is 26.4 Å². The number of nitrogens with zero attached hydrogens (tertiary/aromatic N) is 5. The van der Waals surface area contributed by atoms with Crippen LogP contribution < -0.4 is 20.7 Å². The second-order valence-electron chi connectivity index (χ2n) is 7.17. The van der Waals surface area contributed by atoms with Crippen molar-refractivity contribution in [3.05, 3.63) is 61.2 Å². The molecule has 3 aromatic heterocycles. The number of methoxy groups -OCH3 is 1. The molecule has 4 rings (SSSR count). The summed E-state index contributed by atoms with van der Waals surface area (Å²) in [7, 11) is 3.11. The van der Waals surface area contributed by atoms with E-state index in [-0.39, 0.29) is 43.3 Å². The number of hydrogen-bond donors (Lipinski definition) is 1. The zero-order valence-electron chi connectivity index (χ0n) is 17.9. The van der Waals surface area contributed by atoms with Crippen LogP contribution in [0.15, 0.2) is 40.1 Å². The van der Waals surface area contributed by atoms with Crippen LogP contribution in [0.3, 0.4) is 0 Å². The molecule has 0 spiro atoms. The highest BCUT2D eigenvalue weighted by molar-refractivity contribution is 7.11. The van der Waals surface area contributed by atoms with Crippen molar-refractivity contribution in [2.24, 2.45) is 7.05 Å². The van der Waals surface area contributed by atoms with Gasteiger partial charge in [0.15, 0.2) is 11.2 Å². The maximum Gasteiger partial charge on any atom is 0.332 e. The average molecular weight is 458 g/mol. The number of imidazole rings is 1. The van der Waals surface area contributed by atoms with Crippen LogP contribution in [-0.2, 0) is 20.1 Å². The predicted octanol–water partition coefficient (Wildman–Crippen LogP) is 1.89. The van der Waals surface area contributed by atoms with Gasteiger partial charge in [0, 0.05) is 37.3 Å². The van der Waals surface area contributed by atoms with Crippen molar-refractivity contribution in [3.8, 4) is 17.5 Å². The van der Waals surface area contributed by atoms with Gasteiger partial charge in [0.05, 0.1) is 13.7 Å². The molecule has 11 heteroatoms. The molecule has 10 nitrogen and oxygen atoms in total. The molecule has 0 saturated carbocycles. The molecule has 0 aliphatic heterocycles. The first-order valence-electron chi connectivity index (χ1n) is 9.97. The predicted molar refractivity (Wildman–Crippen MR) is 120 cm³/mol. The van der Waals surface area contributed by atoms with Crippen molar-refractivity contribution in [3.63, 3.8) is 0 Å². The van der Waals surface area contributed by atoms with Gasteiger partial charge in [-0.15, -0.1) is 11.3 Å². The largest absolute Gasteiger partial charge is 0.497 e. The number of rotatable bonds is 8. The third-order valence-electron chi connectivity index (χ3n) is 4.95. The summed E-state index contributed by atoms with van der Waals surface area (Å²) in [6, 6.07) is 7.18. The zero-order valence-corrected chi connectivity index (χ0v) is 18.8. The molecule has 0 atom stereocenters. The fraction of sp³-hybridized carbons (Fsp3) is 0.333. The molecule has 32 heavy (non-hydrogen) atoms. The molecule has 0 aliphatic carbocycles. The fourth-order valence-corrected chi connectivity index (χ4v) is 4.16. The molecular formula is C21H23N5O5S. The summed E-state index contributed by atoms with van der Waals surface area (Å²) < 4.78 is 15.3. The first-order chi connectivity index (χ1) is 15.4. The Balaban J connectivity index is 1.92. The highest BCUT2D eigenvalue weighted by atomic mass is 32.1. The van der Waals surface area contributed by atoms with E-state index >= 15 is 0 Å². The van der Waals surface area contributed by atoms with Gasteiger partial charge >= 0.3 is 11.7 Å². The van der Waals surface area contributed by atoms with Gasteiger partial charge in [-0.25, -0.2) is 9.78 Å². The topological polar surface area (TPSA) is 113 Å². The van der Waals surface area contributed by atoms with E-state index in [1.807, 2.05) is 6.92 Å². The number of ether oxygens (including phenoxy) is 2. The van der Waals surface area contributed by atoms with Crippen LogP contribution in [0.1, 0.15) is 16.3 Å². The van der Waals surface area contributed by atoms with Gasteiger partial charge in [-0.05, 0) is 25.5 Å². The van der Waals surface area contributed by atoms with Crippen LogP contribution >= 0.6 is 11.3 Å². The van der Waals surface area contributed by atoms with E-state index in [0.717, 1.165) is 14.5 Å². The summed E-state index contributed by atoms with van der Waals surface area (Å²) in [6.07, 6.45) is 2.05. The smallest absolute Gasteiger partial charge is 0.332 e. The minimum atomic E-state index is -0.501. The normalized spacial score (nSPS) is 11.2. The quantitative estimate of drug-likeness (QED) is 0.430. The Kier molecular flexibility index (Phi) is 6.10. The molecule has 3 heterocycles. The van der Waals surface area contributed by atoms with Crippen LogP contribution in [-0.4, -0.2) is 42.5 Å². The number of aliphatic hydroxyl groups is 1. The van der Waals surface area contributed by atoms with Gasteiger partial charge in [0.25, 0.3) is 5.56 Å². The summed E-state index contributed by atoms with van der Waals surface area (Å²) in [5.74, 6) is 1.08. The number of hydrogen-bond acceptors (Lipinski definition) is 8. The Bertz CT molecular complexity index is 1380. The number of aromatic nitrogens is 5. The minimum absolute atomic E-state index is 0.103. The van der Waals surface area contributed by atoms with Crippen molar-refractivity contribution in [1.29, 1.82) is 0 Å². The van der Waals surface area contributed by atoms with Crippen LogP contribution in [0.2, 0.25) is 0 Å². The van der Waals surface area contributed by atoms with Gasteiger partial charge in [-0.3, -0.25) is 18.5 Å². The van der Waals surface area contributed by atoms with E-state index < -0.39 is 11.2 Å². The third-order valence-corrected chi connectivity index (χ3v) is 5.85. The lowest BCUT2D eigenvalue weighted by Gasteiger charge is -2.10. The van der Waals surface area contributed by atoms with Crippen LogP contribution in [0.4, 0.5) is 0 Å². The first kappa shape index (κ1) is 21.8. The Morgan fingerprint density at radius 3 is 2.66 bits per heavy atom. The standard InChI is InChI=1S/C21H23N5O5S/c1-13-11-22-16(32-13)12-26-17-18(24(2)21(29)25(19(17)28)8-5-9-27)23-20(26)31-15-7-4-6-14(10-15)30-3/h4,6-7,10-11,27H,5,8-9,12H2,1-3H3. The van der Waals surface area contributed by atoms with E-state index in [9.17, 15) is 14.7 Å². The van der Waals surface area contributed by atoms with Crippen molar-refractivity contribution in [2.75, 3.05) is 13.7 Å². The van der Waals surface area contributed by atoms with Crippen molar-refractivity contribution >= 4 is 22.5 Å². The Morgan fingerprint density at radius 2 is 1.97 bits per heavy atom. The second-order valence-corrected chi connectivity index (χ2v) is 8.49. The maximum absolute atomic E-state index is 13.3. The Hall–Kier alpha value is -3.44. The minimum Gasteiger partial charge on any atom is -0.497 e. The van der Waals surface area contributed by atoms with E-state index in [1.165, 1.54) is 15.9 Å². The van der Waals surface area contributed by atoms with E-state index in [2.05, 4.69) is 9.97 Å². The van der Waals surface area contributed by atoms with Gasteiger partial charge in [-0.2, -0.15) is 4.98 Å². The van der Waals surface area contributed by atoms with E-state index in [1.54, 1.807) is 49.2 Å². The number of benzene rings is 1. The maximum atomic E-state index is 13.3. The molecule has 0 amide bonds. The lowest BCUT2D eigenvalue weighted by molar-refractivity contribution is 0.277. The van der Waals surface area contributed by atoms with Crippen molar-refractivity contribution in [1.82, 2.24) is 23.7 Å². The lowest BCUT2D eigenvalue weighted by atomic mass is 10.3. The zero-order chi connectivity index (χ0) is 22.8. The van der Waals surface area contributed by atoms with Gasteiger partial charge in [0.1, 0.15) is 16.5 Å². The highest BCUT2D eigenvalue weighted by Gasteiger charge is 2.22. The highest BCUT2D eigenvalue weighted by Crippen LogP contribution is 2.28. The molecule has 0 aliphatic rings. The molecule has 0 radical (unpaired) electrons. The molecule has 4 aromatic rings. The van der Waals surface area contributed by atoms with Gasteiger partial charge in [0.2, 0.25) is 0 Å². The molecule has 1 aromatic carbocycles. The summed E-state index contributed by atoms with van der Waals surface area (Å²) in [4.78, 5) is 36.0. The summed E-state index contributed by atoms with van der Waals surface area (Å²) in [6.45, 7) is 2.18. The van der Waals surface area contributed by atoms with Gasteiger partial charge in [-0.1, -0.05) is 6.07 Å². The number of thiazole rings is 1. The second kappa shape index (κ2) is 8.97. The molecule has 0 bridgehead atoms. The molecule has 0 fully saturated rings. The SMILES string of the molecule is COc1cccc(Oc2nc3c(c(=O)n(CCCO)c(=O)n3C)n2Cc2ncc(C)s2)c1. The van der Waals surface area contributed by atoms with E-state index in [4.69, 9.17) is 9.47 Å². The van der Waals surface area contributed by atoms with Crippen LogP contribution in [0.5, 0.6) is 17.5 Å². The summed E-state index contributed by atoms with van der Waals surface area (Å²) in [5, 5.41) is 9.95. The Labute approximate surface area is 186 Å². The molecule has 0 saturated heterocycles. The van der Waals surface area contributed by atoms with Crippen LogP contribution in [0, 0.1) is 6.92 Å². The third kappa shape index (κ3) is 4.04. The first-order valence-corrected chi connectivity index (χ1v) is 10.8. The molecule has 0 unspecified atom stereocenters. The number of fused-ring (bicyclic) bond motifs is 1. The van der Waals surface area contributed by atoms with Gasteiger partial charge < -0.3 is 14.6 Å². The average Bonchev–Trinajstić information content (AvgIpc) is 3.36. The molecule has 1 N–H and O–H groups in total. The molecule has 168 valence electrons. The molecular weight excluding hydrogens is 434 g/mol. The lowest BCUT2D eigenvalue weighted by Crippen LogP contribution is -2.39.